The molecular weight excluding hydrogens is 574 g/mol. The van der Waals surface area contributed by atoms with E-state index < -0.39 is 16.0 Å². The Kier molecular flexibility index (Phi) is 8.44. The van der Waals surface area contributed by atoms with Crippen LogP contribution >= 0.6 is 0 Å². The van der Waals surface area contributed by atoms with Crippen molar-refractivity contribution in [1.29, 1.82) is 0 Å². The van der Waals surface area contributed by atoms with Crippen molar-refractivity contribution in [2.75, 3.05) is 13.7 Å². The van der Waals surface area contributed by atoms with Gasteiger partial charge in [-0.3, -0.25) is 9.59 Å². The molecule has 0 fully saturated rings. The minimum Gasteiger partial charge on any atom is -0.493 e. The molecule has 0 aromatic heterocycles. The Labute approximate surface area is 261 Å². The fourth-order valence-corrected chi connectivity index (χ4v) is 8.02. The number of allylic oxidation sites excluding steroid dienone is 5. The Morgan fingerprint density at radius 1 is 0.932 bits per heavy atom. The van der Waals surface area contributed by atoms with E-state index in [-0.39, 0.29) is 45.2 Å². The molecule has 2 aliphatic carbocycles. The van der Waals surface area contributed by atoms with Gasteiger partial charge in [-0.05, 0) is 60.3 Å². The predicted molar refractivity (Wildman–Crippen MR) is 171 cm³/mol. The van der Waals surface area contributed by atoms with Crippen molar-refractivity contribution in [3.8, 4) is 11.5 Å². The first-order valence-corrected chi connectivity index (χ1v) is 16.7. The van der Waals surface area contributed by atoms with Crippen molar-refractivity contribution < 1.29 is 26.9 Å². The summed E-state index contributed by atoms with van der Waals surface area (Å²) in [5, 5.41) is 0. The minimum atomic E-state index is -4.17. The zero-order chi connectivity index (χ0) is 32.0. The number of carbonyl (C=O) groups is 2. The van der Waals surface area contributed by atoms with Gasteiger partial charge in [0.2, 0.25) is 0 Å². The number of ketones is 2. The minimum absolute atomic E-state index is 0.0226. The maximum Gasteiger partial charge on any atom is 0.339 e. The maximum absolute atomic E-state index is 14.1. The number of hydrogen-bond acceptors (Lipinski definition) is 7. The molecule has 0 amide bonds. The molecule has 2 aromatic rings. The van der Waals surface area contributed by atoms with Crippen LogP contribution in [0.25, 0.3) is 0 Å². The van der Waals surface area contributed by atoms with Crippen LogP contribution < -0.4 is 8.92 Å². The molecule has 0 N–H and O–H groups in total. The summed E-state index contributed by atoms with van der Waals surface area (Å²) in [4.78, 5) is 30.5. The molecule has 8 heteroatoms. The third-order valence-electron chi connectivity index (χ3n) is 8.77. The van der Waals surface area contributed by atoms with Gasteiger partial charge in [0.25, 0.3) is 0 Å². The third kappa shape index (κ3) is 5.88. The second-order valence-electron chi connectivity index (χ2n) is 13.7. The van der Waals surface area contributed by atoms with Gasteiger partial charge in [-0.1, -0.05) is 65.0 Å². The molecule has 0 saturated heterocycles. The highest BCUT2D eigenvalue weighted by atomic mass is 32.2. The predicted octanol–water partition coefficient (Wildman–Crippen LogP) is 7.29. The Morgan fingerprint density at radius 3 is 2.00 bits per heavy atom. The van der Waals surface area contributed by atoms with E-state index in [1.807, 2.05) is 6.07 Å². The SMILES string of the molecule is C=CCc1cc(C2C3=C(CC(C)(C)CC3=O)N(CCC)C3=C2C(=O)CC(C)(C)C3)cc(OC)c1OS(=O)(=O)c1ccccc1. The number of benzene rings is 2. The van der Waals surface area contributed by atoms with E-state index in [1.165, 1.54) is 19.2 Å². The van der Waals surface area contributed by atoms with Gasteiger partial charge in [0.15, 0.2) is 23.1 Å². The number of hydrogen-bond donors (Lipinski definition) is 0. The topological polar surface area (TPSA) is 90.0 Å². The van der Waals surface area contributed by atoms with Gasteiger partial charge in [0.1, 0.15) is 4.90 Å². The van der Waals surface area contributed by atoms with E-state index in [9.17, 15) is 18.0 Å². The monoisotopic (exact) mass is 617 g/mol. The molecule has 234 valence electrons. The largest absolute Gasteiger partial charge is 0.493 e. The highest BCUT2D eigenvalue weighted by Crippen LogP contribution is 2.55. The van der Waals surface area contributed by atoms with Gasteiger partial charge in [0, 0.05) is 53.4 Å². The van der Waals surface area contributed by atoms with Crippen LogP contribution in [0.5, 0.6) is 11.5 Å². The maximum atomic E-state index is 14.1. The van der Waals surface area contributed by atoms with E-state index in [2.05, 4.69) is 46.1 Å². The van der Waals surface area contributed by atoms with E-state index in [0.717, 1.165) is 37.2 Å². The van der Waals surface area contributed by atoms with Gasteiger partial charge in [-0.25, -0.2) is 0 Å². The van der Waals surface area contributed by atoms with Crippen LogP contribution in [-0.4, -0.2) is 38.5 Å². The second kappa shape index (κ2) is 11.7. The van der Waals surface area contributed by atoms with Crippen molar-refractivity contribution in [2.24, 2.45) is 10.8 Å². The zero-order valence-corrected chi connectivity index (χ0v) is 27.5. The Hall–Kier alpha value is -3.65. The fourth-order valence-electron chi connectivity index (χ4n) is 7.02. The first kappa shape index (κ1) is 31.8. The molecule has 1 heterocycles. The molecule has 2 aromatic carbocycles. The van der Waals surface area contributed by atoms with E-state index in [1.54, 1.807) is 30.3 Å². The van der Waals surface area contributed by atoms with Crippen LogP contribution in [0.2, 0.25) is 0 Å². The standard InChI is InChI=1S/C36H43NO6S/c1-8-13-23-17-24(18-30(42-7)34(23)43-44(40,41)25-14-11-10-12-15-25)31-32-26(19-35(3,4)21-28(32)38)37(16-9-2)27-20-36(5,6)22-29(39)33(27)31/h8,10-12,14-15,17-18,31H,1,9,13,16,19-22H2,2-7H3. The number of nitrogens with zero attached hydrogens (tertiary/aromatic N) is 1. The van der Waals surface area contributed by atoms with Gasteiger partial charge in [-0.15, -0.1) is 6.58 Å². The molecule has 44 heavy (non-hydrogen) atoms. The highest BCUT2D eigenvalue weighted by molar-refractivity contribution is 7.87. The molecule has 7 nitrogen and oxygen atoms in total. The average molecular weight is 618 g/mol. The summed E-state index contributed by atoms with van der Waals surface area (Å²) in [5.41, 5.74) is 4.16. The zero-order valence-electron chi connectivity index (χ0n) is 26.7. The lowest BCUT2D eigenvalue weighted by molar-refractivity contribution is -0.119. The Morgan fingerprint density at radius 2 is 1.50 bits per heavy atom. The van der Waals surface area contributed by atoms with Crippen LogP contribution in [0.15, 0.2) is 82.6 Å². The van der Waals surface area contributed by atoms with Crippen LogP contribution in [0.4, 0.5) is 0 Å². The first-order valence-electron chi connectivity index (χ1n) is 15.3. The summed E-state index contributed by atoms with van der Waals surface area (Å²) in [7, 11) is -2.71. The summed E-state index contributed by atoms with van der Waals surface area (Å²) >= 11 is 0. The van der Waals surface area contributed by atoms with Gasteiger partial charge in [-0.2, -0.15) is 8.42 Å². The van der Waals surface area contributed by atoms with Crippen molar-refractivity contribution in [3.05, 3.63) is 88.8 Å². The normalized spacial score (nSPS) is 19.9. The Balaban J connectivity index is 1.75. The van der Waals surface area contributed by atoms with Gasteiger partial charge >= 0.3 is 10.1 Å². The molecular formula is C36H43NO6S. The highest BCUT2D eigenvalue weighted by Gasteiger charge is 2.49. The number of rotatable bonds is 9. The van der Waals surface area contributed by atoms with Crippen molar-refractivity contribution in [1.82, 2.24) is 4.90 Å². The summed E-state index contributed by atoms with van der Waals surface area (Å²) in [6.45, 7) is 15.2. The quantitative estimate of drug-likeness (QED) is 0.216. The van der Waals surface area contributed by atoms with Gasteiger partial charge < -0.3 is 13.8 Å². The van der Waals surface area contributed by atoms with Crippen molar-refractivity contribution in [2.45, 2.75) is 84.0 Å². The molecule has 1 aliphatic heterocycles. The lowest BCUT2D eigenvalue weighted by Gasteiger charge is -2.49. The lowest BCUT2D eigenvalue weighted by atomic mass is 9.63. The number of methoxy groups -OCH3 is 1. The second-order valence-corrected chi connectivity index (χ2v) is 15.3. The van der Waals surface area contributed by atoms with Crippen LogP contribution in [-0.2, 0) is 26.1 Å². The molecule has 0 radical (unpaired) electrons. The smallest absolute Gasteiger partial charge is 0.339 e. The van der Waals surface area contributed by atoms with Crippen molar-refractivity contribution in [3.63, 3.8) is 0 Å². The summed E-state index contributed by atoms with van der Waals surface area (Å²) in [5.74, 6) is -0.214. The van der Waals surface area contributed by atoms with E-state index >= 15 is 0 Å². The number of Topliss-reactive ketones (excluding diaryl/α,β-unsaturated/α-hetero) is 2. The lowest BCUT2D eigenvalue weighted by Crippen LogP contribution is -2.44. The first-order chi connectivity index (χ1) is 20.7. The molecule has 3 aliphatic rings. The summed E-state index contributed by atoms with van der Waals surface area (Å²) in [6.07, 6.45) is 5.06. The van der Waals surface area contributed by atoms with Gasteiger partial charge in [0.05, 0.1) is 7.11 Å². The van der Waals surface area contributed by atoms with E-state index in [4.69, 9.17) is 8.92 Å². The Bertz CT molecular complexity index is 1630. The van der Waals surface area contributed by atoms with Crippen LogP contribution in [0.1, 0.15) is 83.8 Å². The van der Waals surface area contributed by atoms with Crippen molar-refractivity contribution >= 4 is 21.7 Å². The summed E-state index contributed by atoms with van der Waals surface area (Å²) < 4.78 is 38.1. The molecule has 5 rings (SSSR count). The van der Waals surface area contributed by atoms with Crippen LogP contribution in [0.3, 0.4) is 0 Å². The molecule has 0 unspecified atom stereocenters. The van der Waals surface area contributed by atoms with Crippen LogP contribution in [0, 0.1) is 10.8 Å². The summed E-state index contributed by atoms with van der Waals surface area (Å²) in [6, 6.07) is 11.5. The molecule has 0 bridgehead atoms. The third-order valence-corrected chi connectivity index (χ3v) is 10.0. The average Bonchev–Trinajstić information content (AvgIpc) is 2.94. The fraction of sp³-hybridized carbons (Fsp3) is 0.444. The van der Waals surface area contributed by atoms with E-state index in [0.29, 0.717) is 35.1 Å². The number of carbonyl (C=O) groups excluding carboxylic acids is 2. The number of ether oxygens (including phenoxy) is 1. The molecule has 0 saturated carbocycles. The molecule has 0 atom stereocenters. The molecule has 0 spiro atoms.